The Bertz CT molecular complexity index is 1980. The first-order valence-electron chi connectivity index (χ1n) is 18.1. The summed E-state index contributed by atoms with van der Waals surface area (Å²) in [5.74, 6) is -0.832. The number of nitrogens with two attached hydrogens (primary N) is 1. The lowest BCUT2D eigenvalue weighted by Gasteiger charge is -2.43. The number of benzene rings is 1. The molecule has 1 amide bonds. The fourth-order valence-electron chi connectivity index (χ4n) is 8.52. The summed E-state index contributed by atoms with van der Waals surface area (Å²) in [7, 11) is 3.93. The van der Waals surface area contributed by atoms with Gasteiger partial charge in [-0.05, 0) is 50.6 Å². The molecule has 0 spiro atoms. The molecule has 4 aromatic rings. The number of hydrazine groups is 1. The highest BCUT2D eigenvalue weighted by Crippen LogP contribution is 2.57. The summed E-state index contributed by atoms with van der Waals surface area (Å²) in [5, 5.41) is 5.46. The minimum Gasteiger partial charge on any atom is -0.464 e. The number of cyclic esters (lactones) is 1. The van der Waals surface area contributed by atoms with Crippen LogP contribution in [0.25, 0.3) is 33.4 Å². The first kappa shape index (κ1) is 34.2. The minimum absolute atomic E-state index is 0.157. The van der Waals surface area contributed by atoms with Crippen LogP contribution in [0.4, 0.5) is 5.69 Å². The van der Waals surface area contributed by atoms with Gasteiger partial charge in [0, 0.05) is 91.5 Å². The largest absolute Gasteiger partial charge is 0.464 e. The zero-order valence-corrected chi connectivity index (χ0v) is 31.0. The number of methoxy groups -OCH3 is 1. The zero-order chi connectivity index (χ0) is 35.6. The van der Waals surface area contributed by atoms with Gasteiger partial charge in [0.25, 0.3) is 5.91 Å². The molecule has 1 aromatic carbocycles. The second kappa shape index (κ2) is 13.3. The number of rotatable bonds is 3. The monoisotopic (exact) mass is 712 g/mol. The molecule has 1 aliphatic carbocycles. The average Bonchev–Trinajstić information content (AvgIpc) is 3.74. The molecule has 1 unspecified atom stereocenters. The van der Waals surface area contributed by atoms with E-state index < -0.39 is 17.5 Å². The maximum Gasteiger partial charge on any atom is 0.324 e. The molecule has 0 radical (unpaired) electrons. The second-order valence-corrected chi connectivity index (χ2v) is 16.1. The molecule has 12 nitrogen and oxygen atoms in total. The van der Waals surface area contributed by atoms with Gasteiger partial charge in [-0.25, -0.2) is 10.4 Å². The molecule has 8 rings (SSSR count). The summed E-state index contributed by atoms with van der Waals surface area (Å²) in [6.45, 7) is 11.8. The maximum absolute atomic E-state index is 13.7. The van der Waals surface area contributed by atoms with Crippen LogP contribution in [0, 0.1) is 5.41 Å². The van der Waals surface area contributed by atoms with Crippen LogP contribution in [0.5, 0.6) is 0 Å². The van der Waals surface area contributed by atoms with E-state index in [1.54, 1.807) is 7.11 Å². The highest BCUT2D eigenvalue weighted by molar-refractivity contribution is 7.10. The van der Waals surface area contributed by atoms with E-state index in [4.69, 9.17) is 25.2 Å². The average molecular weight is 713 g/mol. The fourth-order valence-corrected chi connectivity index (χ4v) is 9.39. The van der Waals surface area contributed by atoms with Crippen molar-refractivity contribution in [3.63, 3.8) is 0 Å². The number of aryl methyl sites for hydroxylation is 1. The van der Waals surface area contributed by atoms with Gasteiger partial charge in [0.05, 0.1) is 46.6 Å². The van der Waals surface area contributed by atoms with E-state index in [1.807, 2.05) is 11.6 Å². The number of amides is 1. The highest BCUT2D eigenvalue weighted by atomic mass is 32.1. The van der Waals surface area contributed by atoms with Gasteiger partial charge in [-0.2, -0.15) is 0 Å². The number of hydrogen-bond donors (Lipinski definition) is 2. The Morgan fingerprint density at radius 2 is 1.94 bits per heavy atom. The molecule has 3 aliphatic heterocycles. The summed E-state index contributed by atoms with van der Waals surface area (Å²) in [5.41, 5.74) is 17.4. The van der Waals surface area contributed by atoms with E-state index >= 15 is 0 Å². The molecule has 270 valence electrons. The van der Waals surface area contributed by atoms with E-state index in [0.29, 0.717) is 25.8 Å². The molecule has 2 fully saturated rings. The van der Waals surface area contributed by atoms with Gasteiger partial charge in [-0.3, -0.25) is 19.6 Å². The van der Waals surface area contributed by atoms with Crippen molar-refractivity contribution in [3.8, 4) is 22.5 Å². The van der Waals surface area contributed by atoms with E-state index in [2.05, 4.69) is 71.9 Å². The van der Waals surface area contributed by atoms with Crippen LogP contribution in [0.3, 0.4) is 0 Å². The molecule has 6 bridgehead atoms. The van der Waals surface area contributed by atoms with Crippen molar-refractivity contribution < 1.29 is 19.1 Å². The standard InChI is InChI=1S/C38H48N8O4S/c1-6-45-29-10-9-22-16-24(29)31-32(35(49-5)33-25(34(31)45)17-23(19-40-33)44-14-12-43(4)13-15-44)38(2,3)21-50-37(48)27-8-7-11-46(42-27)36(47)26(39)18-30-41-28(22)20-51-30/h9-10,16-17,19-20,26-27,32,35,42H,6-8,11-15,18,21,39H2,1-5H3/t26-,27-,32?,35-/m0/s1. The molecule has 13 heteroatoms. The summed E-state index contributed by atoms with van der Waals surface area (Å²) in [6.07, 6.45) is 3.17. The van der Waals surface area contributed by atoms with Crippen LogP contribution in [0.15, 0.2) is 35.8 Å². The number of pyridine rings is 1. The number of carbonyl (C=O) groups excluding carboxylic acids is 2. The summed E-state index contributed by atoms with van der Waals surface area (Å²) in [4.78, 5) is 42.0. The van der Waals surface area contributed by atoms with Crippen LogP contribution < -0.4 is 16.1 Å². The van der Waals surface area contributed by atoms with Crippen LogP contribution in [-0.2, 0) is 32.0 Å². The number of hydrogen-bond acceptors (Lipinski definition) is 11. The molecule has 2 saturated heterocycles. The number of piperazine rings is 1. The smallest absolute Gasteiger partial charge is 0.324 e. The highest BCUT2D eigenvalue weighted by Gasteiger charge is 2.48. The minimum atomic E-state index is -0.784. The lowest BCUT2D eigenvalue weighted by atomic mass is 9.67. The van der Waals surface area contributed by atoms with Gasteiger partial charge in [0.2, 0.25) is 0 Å². The van der Waals surface area contributed by atoms with Gasteiger partial charge in [-0.1, -0.05) is 19.9 Å². The lowest BCUT2D eigenvalue weighted by molar-refractivity contribution is -0.156. The van der Waals surface area contributed by atoms with Crippen molar-refractivity contribution in [2.24, 2.45) is 11.1 Å². The number of aromatic nitrogens is 3. The normalized spacial score (nSPS) is 25.5. The Hall–Kier alpha value is -3.88. The zero-order valence-electron chi connectivity index (χ0n) is 30.1. The Morgan fingerprint density at radius 1 is 1.14 bits per heavy atom. The van der Waals surface area contributed by atoms with E-state index in [-0.39, 0.29) is 30.5 Å². The molecule has 4 aliphatic rings. The fraction of sp³-hybridized carbons (Fsp3) is 0.526. The third-order valence-electron chi connectivity index (χ3n) is 11.3. The van der Waals surface area contributed by atoms with Gasteiger partial charge in [-0.15, -0.1) is 11.3 Å². The predicted octanol–water partition coefficient (Wildman–Crippen LogP) is 4.33. The molecule has 0 saturated carbocycles. The molecular formula is C38H48N8O4S. The molecule has 6 heterocycles. The van der Waals surface area contributed by atoms with Crippen molar-refractivity contribution in [2.45, 2.75) is 70.7 Å². The number of anilines is 1. The number of fused-ring (bicyclic) bond motifs is 8. The van der Waals surface area contributed by atoms with Crippen LogP contribution in [-0.4, -0.2) is 102 Å². The summed E-state index contributed by atoms with van der Waals surface area (Å²) < 4.78 is 15.0. The van der Waals surface area contributed by atoms with Crippen molar-refractivity contribution in [2.75, 3.05) is 58.4 Å². The molecule has 4 atom stereocenters. The first-order valence-corrected chi connectivity index (χ1v) is 19.0. The molecular weight excluding hydrogens is 665 g/mol. The SMILES string of the molecule is CCn1c2c3c4cc(ccc41)-c1csc(n1)C[C@H](N)C(=O)N1CCC[C@H](N1)C(=O)OCC(C)(C)C3[C@H](OC)c1ncc(N3CCN(C)CC3)cc1-2. The number of thiazole rings is 1. The van der Waals surface area contributed by atoms with Crippen LogP contribution in [0.1, 0.15) is 61.9 Å². The quantitative estimate of drug-likeness (QED) is 0.296. The number of esters is 1. The molecule has 3 N–H and O–H groups in total. The third-order valence-corrected chi connectivity index (χ3v) is 12.2. The van der Waals surface area contributed by atoms with E-state index in [1.165, 1.54) is 21.9 Å². The van der Waals surface area contributed by atoms with Crippen molar-refractivity contribution >= 4 is 39.8 Å². The topological polar surface area (TPSA) is 131 Å². The maximum atomic E-state index is 13.7. The molecule has 51 heavy (non-hydrogen) atoms. The number of ether oxygens (including phenoxy) is 2. The van der Waals surface area contributed by atoms with E-state index in [0.717, 1.165) is 82.5 Å². The second-order valence-electron chi connectivity index (χ2n) is 15.1. The van der Waals surface area contributed by atoms with Crippen molar-refractivity contribution in [1.29, 1.82) is 0 Å². The van der Waals surface area contributed by atoms with Gasteiger partial charge in [0.15, 0.2) is 0 Å². The lowest BCUT2D eigenvalue weighted by Crippen LogP contribution is -2.59. The molecule has 3 aromatic heterocycles. The van der Waals surface area contributed by atoms with Crippen LogP contribution in [0.2, 0.25) is 0 Å². The third kappa shape index (κ3) is 5.92. The number of likely N-dealkylation sites (N-methyl/N-ethyl adjacent to an activating group) is 1. The summed E-state index contributed by atoms with van der Waals surface area (Å²) in [6, 6.07) is 7.46. The van der Waals surface area contributed by atoms with E-state index in [9.17, 15) is 9.59 Å². The van der Waals surface area contributed by atoms with Gasteiger partial charge in [0.1, 0.15) is 12.1 Å². The van der Waals surface area contributed by atoms with Gasteiger partial charge >= 0.3 is 5.97 Å². The van der Waals surface area contributed by atoms with Crippen molar-refractivity contribution in [3.05, 3.63) is 52.1 Å². The van der Waals surface area contributed by atoms with Crippen molar-refractivity contribution in [1.82, 2.24) is 29.9 Å². The number of carbonyl (C=O) groups is 2. The summed E-state index contributed by atoms with van der Waals surface area (Å²) >= 11 is 1.51. The first-order chi connectivity index (χ1) is 24.6. The van der Waals surface area contributed by atoms with Crippen LogP contribution >= 0.6 is 11.3 Å². The predicted molar refractivity (Wildman–Crippen MR) is 198 cm³/mol. The number of nitrogens with zero attached hydrogens (tertiary/aromatic N) is 6. The Kier molecular flexibility index (Phi) is 8.90. The number of nitrogens with one attached hydrogen (secondary N) is 1. The van der Waals surface area contributed by atoms with Gasteiger partial charge < -0.3 is 29.6 Å². The Balaban J connectivity index is 1.32. The Morgan fingerprint density at radius 3 is 2.71 bits per heavy atom. The Labute approximate surface area is 302 Å².